The van der Waals surface area contributed by atoms with E-state index in [0.717, 1.165) is 11.8 Å². The first-order valence-corrected chi connectivity index (χ1v) is 12.8. The zero-order chi connectivity index (χ0) is 23.6. The van der Waals surface area contributed by atoms with Crippen LogP contribution in [0, 0.1) is 0 Å². The van der Waals surface area contributed by atoms with Gasteiger partial charge >= 0.3 is 0 Å². The minimum atomic E-state index is -3.50. The van der Waals surface area contributed by atoms with Crippen LogP contribution in [0.2, 0.25) is 0 Å². The highest BCUT2D eigenvalue weighted by Crippen LogP contribution is 2.38. The molecule has 0 saturated carbocycles. The molecular weight excluding hydrogens is 462 g/mol. The monoisotopic (exact) mass is 485 g/mol. The summed E-state index contributed by atoms with van der Waals surface area (Å²) in [6, 6.07) is 15.6. The zero-order valence-electron chi connectivity index (χ0n) is 18.3. The van der Waals surface area contributed by atoms with Crippen molar-refractivity contribution in [1.82, 2.24) is 5.01 Å². The van der Waals surface area contributed by atoms with Gasteiger partial charge in [0.05, 0.1) is 42.8 Å². The maximum absolute atomic E-state index is 13.3. The summed E-state index contributed by atoms with van der Waals surface area (Å²) in [6.07, 6.45) is 1.48. The fourth-order valence-corrected chi connectivity index (χ4v) is 4.91. The summed E-state index contributed by atoms with van der Waals surface area (Å²) in [6.45, 7) is 0. The number of carbonyl (C=O) groups excluding carboxylic acids is 1. The van der Waals surface area contributed by atoms with Crippen molar-refractivity contribution in [2.24, 2.45) is 5.10 Å². The molecule has 1 aliphatic rings. The highest BCUT2D eigenvalue weighted by molar-refractivity contribution is 7.92. The molecule has 0 radical (unpaired) electrons. The lowest BCUT2D eigenvalue weighted by Crippen LogP contribution is -2.26. The average Bonchev–Trinajstić information content (AvgIpc) is 3.48. The standard InChI is InChI=1S/C23H23N3O5S2/c1-30-16-11-15(12-17(13-16)31-2)21-14-20(24-26(21)23(27)22-9-6-10-32-22)18-7-4-5-8-19(18)25-33(3,28)29/h4-13,21,25H,14H2,1-3H3/t21-/m1/s1. The number of thiophene rings is 1. The predicted octanol–water partition coefficient (Wildman–Crippen LogP) is 4.13. The van der Waals surface area contributed by atoms with Gasteiger partial charge in [-0.3, -0.25) is 9.52 Å². The Kier molecular flexibility index (Phi) is 6.39. The van der Waals surface area contributed by atoms with E-state index in [2.05, 4.69) is 9.82 Å². The normalized spacial score (nSPS) is 15.8. The van der Waals surface area contributed by atoms with Crippen LogP contribution in [-0.2, 0) is 10.0 Å². The number of anilines is 1. The van der Waals surface area contributed by atoms with E-state index in [-0.39, 0.29) is 5.91 Å². The average molecular weight is 486 g/mol. The number of nitrogens with zero attached hydrogens (tertiary/aromatic N) is 2. The highest BCUT2D eigenvalue weighted by Gasteiger charge is 2.35. The zero-order valence-corrected chi connectivity index (χ0v) is 19.9. The van der Waals surface area contributed by atoms with Crippen LogP contribution < -0.4 is 14.2 Å². The van der Waals surface area contributed by atoms with Gasteiger partial charge in [-0.1, -0.05) is 24.3 Å². The molecule has 0 spiro atoms. The van der Waals surface area contributed by atoms with Gasteiger partial charge in [0, 0.05) is 18.1 Å². The topological polar surface area (TPSA) is 97.3 Å². The molecule has 33 heavy (non-hydrogen) atoms. The van der Waals surface area contributed by atoms with E-state index in [0.29, 0.717) is 39.8 Å². The third-order valence-corrected chi connectivity index (χ3v) is 6.59. The van der Waals surface area contributed by atoms with Crippen LogP contribution in [0.25, 0.3) is 0 Å². The predicted molar refractivity (Wildman–Crippen MR) is 129 cm³/mol. The first-order chi connectivity index (χ1) is 15.8. The summed E-state index contributed by atoms with van der Waals surface area (Å²) >= 11 is 1.34. The summed E-state index contributed by atoms with van der Waals surface area (Å²) in [5, 5.41) is 7.95. The van der Waals surface area contributed by atoms with Crippen molar-refractivity contribution in [2.45, 2.75) is 12.5 Å². The van der Waals surface area contributed by atoms with Crippen molar-refractivity contribution in [2.75, 3.05) is 25.2 Å². The molecular formula is C23H23N3O5S2. The number of methoxy groups -OCH3 is 2. The molecule has 2 aromatic carbocycles. The van der Waals surface area contributed by atoms with Crippen LogP contribution in [0.5, 0.6) is 11.5 Å². The van der Waals surface area contributed by atoms with Crippen molar-refractivity contribution < 1.29 is 22.7 Å². The molecule has 1 aromatic heterocycles. The second-order valence-electron chi connectivity index (χ2n) is 7.46. The van der Waals surface area contributed by atoms with E-state index in [9.17, 15) is 13.2 Å². The Balaban J connectivity index is 1.79. The molecule has 0 aliphatic carbocycles. The summed E-state index contributed by atoms with van der Waals surface area (Å²) in [4.78, 5) is 13.9. The van der Waals surface area contributed by atoms with Gasteiger partial charge in [0.15, 0.2) is 0 Å². The SMILES string of the molecule is COc1cc(OC)cc([C@H]2CC(c3ccccc3NS(C)(=O)=O)=NN2C(=O)c2cccs2)c1. The Labute approximate surface area is 196 Å². The van der Waals surface area contributed by atoms with Gasteiger partial charge in [-0.25, -0.2) is 13.4 Å². The third kappa shape index (κ3) is 5.01. The van der Waals surface area contributed by atoms with E-state index < -0.39 is 16.1 Å². The van der Waals surface area contributed by atoms with Crippen LogP contribution in [0.3, 0.4) is 0 Å². The molecule has 0 saturated heterocycles. The summed E-state index contributed by atoms with van der Waals surface area (Å²) in [5.41, 5.74) is 2.41. The molecule has 0 unspecified atom stereocenters. The number of hydrogen-bond acceptors (Lipinski definition) is 7. The van der Waals surface area contributed by atoms with E-state index >= 15 is 0 Å². The molecule has 1 amide bonds. The Bertz CT molecular complexity index is 1280. The van der Waals surface area contributed by atoms with Crippen molar-refractivity contribution >= 4 is 38.7 Å². The van der Waals surface area contributed by atoms with Crippen LogP contribution in [0.15, 0.2) is 65.1 Å². The second kappa shape index (κ2) is 9.24. The maximum Gasteiger partial charge on any atom is 0.284 e. The van der Waals surface area contributed by atoms with Crippen molar-refractivity contribution in [3.8, 4) is 11.5 Å². The molecule has 1 atom stereocenters. The molecule has 8 nitrogen and oxygen atoms in total. The molecule has 172 valence electrons. The number of sulfonamides is 1. The number of ether oxygens (including phenoxy) is 2. The lowest BCUT2D eigenvalue weighted by molar-refractivity contribution is 0.0715. The second-order valence-corrected chi connectivity index (χ2v) is 10.2. The fraction of sp³-hybridized carbons (Fsp3) is 0.217. The van der Waals surface area contributed by atoms with Crippen molar-refractivity contribution in [1.29, 1.82) is 0 Å². The highest BCUT2D eigenvalue weighted by atomic mass is 32.2. The number of nitrogens with one attached hydrogen (secondary N) is 1. The number of carbonyl (C=O) groups is 1. The third-order valence-electron chi connectivity index (χ3n) is 5.14. The van der Waals surface area contributed by atoms with Crippen LogP contribution in [-0.4, -0.2) is 45.5 Å². The molecule has 1 N–H and O–H groups in total. The fourth-order valence-electron chi connectivity index (χ4n) is 3.68. The molecule has 10 heteroatoms. The minimum absolute atomic E-state index is 0.236. The molecule has 0 fully saturated rings. The molecule has 2 heterocycles. The number of hydrazone groups is 1. The summed E-state index contributed by atoms with van der Waals surface area (Å²) < 4.78 is 37.1. The van der Waals surface area contributed by atoms with Gasteiger partial charge in [-0.2, -0.15) is 5.10 Å². The van der Waals surface area contributed by atoms with Gasteiger partial charge in [0.1, 0.15) is 11.5 Å². The lowest BCUT2D eigenvalue weighted by Gasteiger charge is -2.22. The van der Waals surface area contributed by atoms with E-state index in [1.54, 1.807) is 50.6 Å². The first kappa shape index (κ1) is 22.8. The maximum atomic E-state index is 13.3. The number of hydrogen-bond donors (Lipinski definition) is 1. The van der Waals surface area contributed by atoms with Gasteiger partial charge in [-0.15, -0.1) is 11.3 Å². The Hall–Kier alpha value is -3.37. The van der Waals surface area contributed by atoms with Crippen LogP contribution in [0.4, 0.5) is 5.69 Å². The number of amides is 1. The lowest BCUT2D eigenvalue weighted by atomic mass is 9.97. The van der Waals surface area contributed by atoms with Gasteiger partial charge in [0.2, 0.25) is 10.0 Å². The Morgan fingerprint density at radius 3 is 2.39 bits per heavy atom. The van der Waals surface area contributed by atoms with Crippen molar-refractivity contribution in [3.63, 3.8) is 0 Å². The molecule has 4 rings (SSSR count). The number of rotatable bonds is 7. The smallest absolute Gasteiger partial charge is 0.284 e. The van der Waals surface area contributed by atoms with E-state index in [4.69, 9.17) is 9.47 Å². The minimum Gasteiger partial charge on any atom is -0.497 e. The van der Waals surface area contributed by atoms with Gasteiger partial charge in [-0.05, 0) is 35.2 Å². The van der Waals surface area contributed by atoms with E-state index in [1.165, 1.54) is 16.3 Å². The quantitative estimate of drug-likeness (QED) is 0.543. The Morgan fingerprint density at radius 1 is 1.09 bits per heavy atom. The van der Waals surface area contributed by atoms with E-state index in [1.807, 2.05) is 23.6 Å². The first-order valence-electron chi connectivity index (χ1n) is 10.0. The number of para-hydroxylation sites is 1. The largest absolute Gasteiger partial charge is 0.497 e. The summed E-state index contributed by atoms with van der Waals surface area (Å²) in [5.74, 6) is 0.960. The van der Waals surface area contributed by atoms with Crippen molar-refractivity contribution in [3.05, 3.63) is 76.0 Å². The molecule has 1 aliphatic heterocycles. The van der Waals surface area contributed by atoms with Gasteiger partial charge in [0.25, 0.3) is 5.91 Å². The number of benzene rings is 2. The summed E-state index contributed by atoms with van der Waals surface area (Å²) in [7, 11) is -0.363. The van der Waals surface area contributed by atoms with Gasteiger partial charge < -0.3 is 9.47 Å². The molecule has 3 aromatic rings. The van der Waals surface area contributed by atoms with Crippen LogP contribution >= 0.6 is 11.3 Å². The Morgan fingerprint density at radius 2 is 1.79 bits per heavy atom. The molecule has 0 bridgehead atoms. The van der Waals surface area contributed by atoms with Crippen LogP contribution in [0.1, 0.15) is 33.3 Å².